The number of aromatic nitrogens is 2. The molecule has 1 amide bonds. The number of thiophene rings is 1. The second-order valence-electron chi connectivity index (χ2n) is 6.77. The standard InChI is InChI=1S/C19H27N5O3S2/c1-8-24-12(4)13(9-20-24)11(3)21-19(28)22-16-14(18(26)27-7)10(2)15(29-16)17(25)23(5)6/h9,11H,8H2,1-7H3,(H2,21,22,28). The average Bonchev–Trinajstić information content (AvgIpc) is 3.19. The van der Waals surface area contributed by atoms with Crippen LogP contribution in [0, 0.1) is 13.8 Å². The van der Waals surface area contributed by atoms with E-state index in [1.165, 1.54) is 23.3 Å². The highest BCUT2D eigenvalue weighted by molar-refractivity contribution is 7.80. The van der Waals surface area contributed by atoms with E-state index in [1.807, 2.05) is 31.6 Å². The number of ether oxygens (including phenoxy) is 1. The monoisotopic (exact) mass is 437 g/mol. The van der Waals surface area contributed by atoms with Gasteiger partial charge in [-0.25, -0.2) is 4.79 Å². The lowest BCUT2D eigenvalue weighted by Gasteiger charge is -2.17. The van der Waals surface area contributed by atoms with Gasteiger partial charge in [0.2, 0.25) is 0 Å². The summed E-state index contributed by atoms with van der Waals surface area (Å²) >= 11 is 6.63. The minimum absolute atomic E-state index is 0.0826. The van der Waals surface area contributed by atoms with Crippen LogP contribution in [0.4, 0.5) is 5.00 Å². The lowest BCUT2D eigenvalue weighted by atomic mass is 10.1. The van der Waals surface area contributed by atoms with E-state index in [4.69, 9.17) is 17.0 Å². The van der Waals surface area contributed by atoms with Crippen molar-refractivity contribution < 1.29 is 14.3 Å². The number of hydrogen-bond donors (Lipinski definition) is 2. The van der Waals surface area contributed by atoms with Crippen LogP contribution < -0.4 is 10.6 Å². The first-order valence-corrected chi connectivity index (χ1v) is 10.4. The summed E-state index contributed by atoms with van der Waals surface area (Å²) in [6.07, 6.45) is 1.82. The largest absolute Gasteiger partial charge is 0.465 e. The predicted molar refractivity (Wildman–Crippen MR) is 119 cm³/mol. The number of nitrogens with one attached hydrogen (secondary N) is 2. The van der Waals surface area contributed by atoms with Crippen molar-refractivity contribution in [2.75, 3.05) is 26.5 Å². The van der Waals surface area contributed by atoms with Crippen molar-refractivity contribution in [2.45, 2.75) is 40.3 Å². The second-order valence-corrected chi connectivity index (χ2v) is 8.20. The Morgan fingerprint density at radius 2 is 2.03 bits per heavy atom. The molecule has 0 bridgehead atoms. The van der Waals surface area contributed by atoms with Crippen LogP contribution in [0.25, 0.3) is 0 Å². The van der Waals surface area contributed by atoms with Crippen molar-refractivity contribution in [3.05, 3.63) is 33.5 Å². The maximum Gasteiger partial charge on any atom is 0.341 e. The number of rotatable bonds is 6. The number of anilines is 1. The number of carbonyl (C=O) groups is 2. The minimum Gasteiger partial charge on any atom is -0.465 e. The molecular weight excluding hydrogens is 410 g/mol. The molecule has 29 heavy (non-hydrogen) atoms. The van der Waals surface area contributed by atoms with Crippen molar-refractivity contribution >= 4 is 45.5 Å². The topological polar surface area (TPSA) is 88.5 Å². The van der Waals surface area contributed by atoms with Crippen LogP contribution in [0.1, 0.15) is 56.7 Å². The molecule has 0 aliphatic rings. The van der Waals surface area contributed by atoms with Crippen LogP contribution in [-0.4, -0.2) is 52.9 Å². The lowest BCUT2D eigenvalue weighted by molar-refractivity contribution is 0.0601. The molecule has 158 valence electrons. The molecule has 2 rings (SSSR count). The van der Waals surface area contributed by atoms with Gasteiger partial charge < -0.3 is 20.3 Å². The molecule has 0 spiro atoms. The molecule has 0 aliphatic carbocycles. The summed E-state index contributed by atoms with van der Waals surface area (Å²) in [6.45, 7) is 8.55. The number of thiocarbonyl (C=S) groups is 1. The Labute approximate surface area is 180 Å². The van der Waals surface area contributed by atoms with Gasteiger partial charge in [-0.3, -0.25) is 9.48 Å². The molecule has 1 unspecified atom stereocenters. The molecule has 2 aromatic rings. The van der Waals surface area contributed by atoms with Crippen molar-refractivity contribution in [1.29, 1.82) is 0 Å². The van der Waals surface area contributed by atoms with Gasteiger partial charge in [0, 0.05) is 31.9 Å². The molecule has 8 nitrogen and oxygen atoms in total. The molecule has 0 aromatic carbocycles. The van der Waals surface area contributed by atoms with Crippen molar-refractivity contribution in [3.8, 4) is 0 Å². The SMILES string of the molecule is CCn1ncc(C(C)NC(=S)Nc2sc(C(=O)N(C)C)c(C)c2C(=O)OC)c1C. The van der Waals surface area contributed by atoms with Gasteiger partial charge in [-0.2, -0.15) is 5.10 Å². The first kappa shape index (κ1) is 22.8. The van der Waals surface area contributed by atoms with Gasteiger partial charge in [0.1, 0.15) is 5.00 Å². The molecule has 2 heterocycles. The number of carbonyl (C=O) groups excluding carboxylic acids is 2. The Morgan fingerprint density at radius 1 is 1.38 bits per heavy atom. The molecule has 2 N–H and O–H groups in total. The van der Waals surface area contributed by atoms with Gasteiger partial charge in [-0.05, 0) is 45.5 Å². The van der Waals surface area contributed by atoms with Crippen LogP contribution in [0.15, 0.2) is 6.20 Å². The van der Waals surface area contributed by atoms with Gasteiger partial charge in [0.25, 0.3) is 5.91 Å². The van der Waals surface area contributed by atoms with Crippen LogP contribution >= 0.6 is 23.6 Å². The zero-order valence-electron chi connectivity index (χ0n) is 17.7. The fourth-order valence-electron chi connectivity index (χ4n) is 2.97. The van der Waals surface area contributed by atoms with E-state index in [0.29, 0.717) is 26.1 Å². The van der Waals surface area contributed by atoms with E-state index in [1.54, 1.807) is 21.0 Å². The van der Waals surface area contributed by atoms with Crippen molar-refractivity contribution in [1.82, 2.24) is 20.0 Å². The Kier molecular flexibility index (Phi) is 7.37. The molecule has 0 saturated heterocycles. The normalized spacial score (nSPS) is 11.7. The van der Waals surface area contributed by atoms with Crippen LogP contribution in [0.2, 0.25) is 0 Å². The molecule has 1 atom stereocenters. The fourth-order valence-corrected chi connectivity index (χ4v) is 4.54. The number of aryl methyl sites for hydroxylation is 1. The first-order valence-electron chi connectivity index (χ1n) is 9.15. The van der Waals surface area contributed by atoms with Gasteiger partial charge in [0.15, 0.2) is 5.11 Å². The summed E-state index contributed by atoms with van der Waals surface area (Å²) in [5.74, 6) is -0.699. The fraction of sp³-hybridized carbons (Fsp3) is 0.474. The van der Waals surface area contributed by atoms with Crippen molar-refractivity contribution in [3.63, 3.8) is 0 Å². The van der Waals surface area contributed by atoms with Gasteiger partial charge in [-0.15, -0.1) is 11.3 Å². The number of nitrogens with zero attached hydrogens (tertiary/aromatic N) is 3. The Bertz CT molecular complexity index is 933. The number of hydrogen-bond acceptors (Lipinski definition) is 6. The Balaban J connectivity index is 2.26. The third-order valence-electron chi connectivity index (χ3n) is 4.62. The van der Waals surface area contributed by atoms with E-state index >= 15 is 0 Å². The van der Waals surface area contributed by atoms with Crippen LogP contribution in [0.3, 0.4) is 0 Å². The maximum atomic E-state index is 12.5. The van der Waals surface area contributed by atoms with E-state index in [9.17, 15) is 9.59 Å². The molecule has 10 heteroatoms. The minimum atomic E-state index is -0.519. The number of amides is 1. The molecular formula is C19H27N5O3S2. The number of methoxy groups -OCH3 is 1. The highest BCUT2D eigenvalue weighted by Crippen LogP contribution is 2.34. The van der Waals surface area contributed by atoms with Gasteiger partial charge in [0.05, 0.1) is 29.8 Å². The Hall–Kier alpha value is -2.46. The summed E-state index contributed by atoms with van der Waals surface area (Å²) in [7, 11) is 4.64. The van der Waals surface area contributed by atoms with E-state index in [0.717, 1.165) is 17.8 Å². The summed E-state index contributed by atoms with van der Waals surface area (Å²) in [5.41, 5.74) is 2.99. The Morgan fingerprint density at radius 3 is 2.55 bits per heavy atom. The predicted octanol–water partition coefficient (Wildman–Crippen LogP) is 3.12. The molecule has 0 aliphatic heterocycles. The first-order chi connectivity index (χ1) is 13.6. The highest BCUT2D eigenvalue weighted by atomic mass is 32.1. The zero-order valence-corrected chi connectivity index (χ0v) is 19.4. The molecule has 0 radical (unpaired) electrons. The summed E-state index contributed by atoms with van der Waals surface area (Å²) in [4.78, 5) is 26.7. The van der Waals surface area contributed by atoms with E-state index in [-0.39, 0.29) is 11.9 Å². The van der Waals surface area contributed by atoms with Crippen LogP contribution in [-0.2, 0) is 11.3 Å². The third-order valence-corrected chi connectivity index (χ3v) is 6.03. The average molecular weight is 438 g/mol. The summed E-state index contributed by atoms with van der Waals surface area (Å²) in [6, 6.07) is -0.0826. The maximum absolute atomic E-state index is 12.5. The van der Waals surface area contributed by atoms with Gasteiger partial charge >= 0.3 is 5.97 Å². The molecule has 0 saturated carbocycles. The molecule has 0 fully saturated rings. The second kappa shape index (κ2) is 9.36. The lowest BCUT2D eigenvalue weighted by Crippen LogP contribution is -2.31. The zero-order chi connectivity index (χ0) is 21.9. The van der Waals surface area contributed by atoms with Crippen LogP contribution in [0.5, 0.6) is 0 Å². The van der Waals surface area contributed by atoms with Gasteiger partial charge in [-0.1, -0.05) is 0 Å². The van der Waals surface area contributed by atoms with E-state index in [2.05, 4.69) is 15.7 Å². The third kappa shape index (κ3) is 4.76. The summed E-state index contributed by atoms with van der Waals surface area (Å²) < 4.78 is 6.82. The van der Waals surface area contributed by atoms with Crippen molar-refractivity contribution in [2.24, 2.45) is 0 Å². The highest BCUT2D eigenvalue weighted by Gasteiger charge is 2.27. The van der Waals surface area contributed by atoms with E-state index < -0.39 is 5.97 Å². The smallest absolute Gasteiger partial charge is 0.341 e. The quantitative estimate of drug-likeness (QED) is 0.530. The number of esters is 1. The molecule has 2 aromatic heterocycles. The summed E-state index contributed by atoms with van der Waals surface area (Å²) in [5, 5.41) is 11.5.